The molecule has 92 valence electrons. The zero-order valence-electron chi connectivity index (χ0n) is 9.99. The summed E-state index contributed by atoms with van der Waals surface area (Å²) in [6.07, 6.45) is 0. The highest BCUT2D eigenvalue weighted by Crippen LogP contribution is 2.06. The third-order valence-electron chi connectivity index (χ3n) is 2.40. The smallest absolute Gasteiger partial charge is 0.170 e. The van der Waals surface area contributed by atoms with Crippen molar-refractivity contribution in [3.63, 3.8) is 0 Å². The zero-order chi connectivity index (χ0) is 13.5. The lowest BCUT2D eigenvalue weighted by molar-refractivity contribution is 1.24. The first-order valence-corrected chi connectivity index (χ1v) is 6.01. The zero-order valence-corrected chi connectivity index (χ0v) is 10.7. The van der Waals surface area contributed by atoms with Gasteiger partial charge in [0.05, 0.1) is 0 Å². The van der Waals surface area contributed by atoms with Crippen LogP contribution in [0.1, 0.15) is 11.1 Å². The summed E-state index contributed by atoms with van der Waals surface area (Å²) in [6.45, 7) is 0. The number of nitrogens with zero attached hydrogens (tertiary/aromatic N) is 3. The Labute approximate surface area is 116 Å². The fourth-order valence-electron chi connectivity index (χ4n) is 1.47. The summed E-state index contributed by atoms with van der Waals surface area (Å²) in [5.74, 6) is 0. The van der Waals surface area contributed by atoms with E-state index < -0.39 is 0 Å². The highest BCUT2D eigenvalue weighted by Gasteiger charge is 2.02. The molecule has 0 bridgehead atoms. The van der Waals surface area contributed by atoms with Crippen molar-refractivity contribution in [2.24, 2.45) is 10.2 Å². The first kappa shape index (κ1) is 13.0. The first-order chi connectivity index (χ1) is 9.31. The van der Waals surface area contributed by atoms with E-state index in [1.54, 1.807) is 12.1 Å². The molecule has 4 heteroatoms. The van der Waals surface area contributed by atoms with E-state index >= 15 is 0 Å². The molecular weight excluding hydrogens is 258 g/mol. The molecule has 2 aromatic carbocycles. The van der Waals surface area contributed by atoms with E-state index in [9.17, 15) is 0 Å². The molecule has 0 aliphatic carbocycles. The standard InChI is InChI=1S/C15H10ClN3/c16-15(13-9-5-2-6-10-13)19-18-14(11-17)12-7-3-1-4-8-12/h1-10H/b18-14+,19-15-. The van der Waals surface area contributed by atoms with Gasteiger partial charge in [0, 0.05) is 11.1 Å². The van der Waals surface area contributed by atoms with E-state index in [4.69, 9.17) is 16.9 Å². The van der Waals surface area contributed by atoms with Gasteiger partial charge in [-0.2, -0.15) is 5.26 Å². The SMILES string of the molecule is N#C/C(=N\N=C(/Cl)c1ccccc1)c1ccccc1. The van der Waals surface area contributed by atoms with Crippen LogP contribution in [-0.4, -0.2) is 10.9 Å². The van der Waals surface area contributed by atoms with E-state index in [0.29, 0.717) is 5.56 Å². The van der Waals surface area contributed by atoms with Gasteiger partial charge in [0.25, 0.3) is 0 Å². The molecule has 0 radical (unpaired) electrons. The molecular formula is C15H10ClN3. The van der Waals surface area contributed by atoms with Crippen molar-refractivity contribution in [3.05, 3.63) is 71.8 Å². The molecule has 2 aromatic rings. The monoisotopic (exact) mass is 267 g/mol. The fourth-order valence-corrected chi connectivity index (χ4v) is 1.63. The Morgan fingerprint density at radius 3 is 1.89 bits per heavy atom. The summed E-state index contributed by atoms with van der Waals surface area (Å²) in [5, 5.41) is 17.1. The maximum Gasteiger partial charge on any atom is 0.170 e. The second-order valence-electron chi connectivity index (χ2n) is 3.68. The van der Waals surface area contributed by atoms with Crippen LogP contribution in [-0.2, 0) is 0 Å². The molecule has 3 nitrogen and oxygen atoms in total. The van der Waals surface area contributed by atoms with Crippen LogP contribution < -0.4 is 0 Å². The van der Waals surface area contributed by atoms with E-state index in [1.165, 1.54) is 0 Å². The molecule has 0 saturated carbocycles. The van der Waals surface area contributed by atoms with Crippen LogP contribution in [0.5, 0.6) is 0 Å². The van der Waals surface area contributed by atoms with Crippen LogP contribution >= 0.6 is 11.6 Å². The van der Waals surface area contributed by atoms with Crippen LogP contribution in [0.25, 0.3) is 0 Å². The molecule has 0 aromatic heterocycles. The average molecular weight is 268 g/mol. The minimum atomic E-state index is 0.231. The maximum atomic E-state index is 9.07. The maximum absolute atomic E-state index is 9.07. The van der Waals surface area contributed by atoms with Crippen molar-refractivity contribution in [3.8, 4) is 6.07 Å². The first-order valence-electron chi connectivity index (χ1n) is 5.63. The average Bonchev–Trinajstić information content (AvgIpc) is 2.49. The van der Waals surface area contributed by atoms with Crippen LogP contribution in [0.4, 0.5) is 0 Å². The number of nitriles is 1. The minimum Gasteiger partial charge on any atom is -0.191 e. The van der Waals surface area contributed by atoms with Gasteiger partial charge >= 0.3 is 0 Å². The van der Waals surface area contributed by atoms with Crippen molar-refractivity contribution >= 4 is 22.5 Å². The van der Waals surface area contributed by atoms with E-state index in [0.717, 1.165) is 5.56 Å². The molecule has 0 heterocycles. The molecule has 0 fully saturated rings. The quantitative estimate of drug-likeness (QED) is 0.619. The second kappa shape index (κ2) is 6.48. The Bertz CT molecular complexity index is 640. The van der Waals surface area contributed by atoms with Crippen molar-refractivity contribution in [1.29, 1.82) is 5.26 Å². The summed E-state index contributed by atoms with van der Waals surface area (Å²) in [7, 11) is 0. The van der Waals surface area contributed by atoms with E-state index in [1.807, 2.05) is 54.6 Å². The predicted molar refractivity (Wildman–Crippen MR) is 77.4 cm³/mol. The molecule has 0 amide bonds. The lowest BCUT2D eigenvalue weighted by Crippen LogP contribution is -1.97. The Kier molecular flexibility index (Phi) is 4.44. The number of hydrogen-bond donors (Lipinski definition) is 0. The van der Waals surface area contributed by atoms with E-state index in [-0.39, 0.29) is 10.9 Å². The molecule has 19 heavy (non-hydrogen) atoms. The van der Waals surface area contributed by atoms with Crippen molar-refractivity contribution < 1.29 is 0 Å². The molecule has 0 N–H and O–H groups in total. The summed E-state index contributed by atoms with van der Waals surface area (Å²) >= 11 is 6.03. The van der Waals surface area contributed by atoms with Crippen LogP contribution in [0.2, 0.25) is 0 Å². The Balaban J connectivity index is 2.28. The van der Waals surface area contributed by atoms with Crippen molar-refractivity contribution in [2.75, 3.05) is 0 Å². The lowest BCUT2D eigenvalue weighted by atomic mass is 10.1. The predicted octanol–water partition coefficient (Wildman–Crippen LogP) is 3.60. The van der Waals surface area contributed by atoms with Gasteiger partial charge in [-0.05, 0) is 0 Å². The van der Waals surface area contributed by atoms with Gasteiger partial charge in [0.15, 0.2) is 10.9 Å². The Morgan fingerprint density at radius 1 is 0.842 bits per heavy atom. The largest absolute Gasteiger partial charge is 0.191 e. The minimum absolute atomic E-state index is 0.231. The lowest BCUT2D eigenvalue weighted by Gasteiger charge is -1.96. The number of rotatable bonds is 3. The summed E-state index contributed by atoms with van der Waals surface area (Å²) in [5.41, 5.74) is 1.71. The van der Waals surface area contributed by atoms with Crippen LogP contribution in [0, 0.1) is 11.3 Å². The molecule has 0 aliphatic heterocycles. The van der Waals surface area contributed by atoms with Gasteiger partial charge in [-0.1, -0.05) is 72.3 Å². The normalized spacial score (nSPS) is 12.0. The van der Waals surface area contributed by atoms with Gasteiger partial charge in [0.2, 0.25) is 0 Å². The van der Waals surface area contributed by atoms with Gasteiger partial charge in [-0.25, -0.2) is 0 Å². The van der Waals surface area contributed by atoms with Crippen molar-refractivity contribution in [2.45, 2.75) is 0 Å². The molecule has 0 saturated heterocycles. The highest BCUT2D eigenvalue weighted by molar-refractivity contribution is 6.69. The highest BCUT2D eigenvalue weighted by atomic mass is 35.5. The number of hydrogen-bond acceptors (Lipinski definition) is 3. The second-order valence-corrected chi connectivity index (χ2v) is 4.04. The van der Waals surface area contributed by atoms with Gasteiger partial charge in [-0.3, -0.25) is 0 Å². The van der Waals surface area contributed by atoms with Gasteiger partial charge < -0.3 is 0 Å². The summed E-state index contributed by atoms with van der Waals surface area (Å²) in [4.78, 5) is 0. The molecule has 0 unspecified atom stereocenters. The summed E-state index contributed by atoms with van der Waals surface area (Å²) in [6, 6.07) is 20.4. The topological polar surface area (TPSA) is 48.5 Å². The molecule has 0 spiro atoms. The van der Waals surface area contributed by atoms with Gasteiger partial charge in [0.1, 0.15) is 6.07 Å². The number of halogens is 1. The molecule has 0 atom stereocenters. The summed E-state index contributed by atoms with van der Waals surface area (Å²) < 4.78 is 0. The van der Waals surface area contributed by atoms with Crippen molar-refractivity contribution in [1.82, 2.24) is 0 Å². The Morgan fingerprint density at radius 2 is 1.37 bits per heavy atom. The number of benzene rings is 2. The van der Waals surface area contributed by atoms with E-state index in [2.05, 4.69) is 10.2 Å². The molecule has 2 rings (SSSR count). The Hall–Kier alpha value is -2.44. The van der Waals surface area contributed by atoms with Gasteiger partial charge in [-0.15, -0.1) is 10.2 Å². The van der Waals surface area contributed by atoms with Crippen LogP contribution in [0.3, 0.4) is 0 Å². The fraction of sp³-hybridized carbons (Fsp3) is 0. The third kappa shape index (κ3) is 3.51. The third-order valence-corrected chi connectivity index (χ3v) is 2.70. The van der Waals surface area contributed by atoms with Crippen LogP contribution in [0.15, 0.2) is 70.9 Å². The molecule has 0 aliphatic rings.